The number of H-pyrrole nitrogens is 1. The number of fused-ring (bicyclic) bond motifs is 1. The fraction of sp³-hybridized carbons (Fsp3) is 0.290. The van der Waals surface area contributed by atoms with Crippen LogP contribution in [0.1, 0.15) is 76.2 Å². The molecule has 0 radical (unpaired) electrons. The first-order chi connectivity index (χ1) is 19.8. The third kappa shape index (κ3) is 5.65. The zero-order valence-corrected chi connectivity index (χ0v) is 22.9. The van der Waals surface area contributed by atoms with Crippen molar-refractivity contribution in [3.63, 3.8) is 0 Å². The van der Waals surface area contributed by atoms with Crippen LogP contribution in [-0.4, -0.2) is 40.2 Å². The van der Waals surface area contributed by atoms with Gasteiger partial charge in [-0.15, -0.1) is 0 Å². The number of nitrogens with two attached hydrogens (primary N) is 2. The Hall–Kier alpha value is -5.04. The number of hydrogen-bond donors (Lipinski definition) is 4. The summed E-state index contributed by atoms with van der Waals surface area (Å²) in [6.07, 6.45) is 8.57. The van der Waals surface area contributed by atoms with Crippen LogP contribution in [0.3, 0.4) is 0 Å². The number of rotatable bonds is 6. The van der Waals surface area contributed by atoms with Crippen molar-refractivity contribution in [2.45, 2.75) is 44.4 Å². The summed E-state index contributed by atoms with van der Waals surface area (Å²) in [4.78, 5) is 35.6. The van der Waals surface area contributed by atoms with Gasteiger partial charge >= 0.3 is 5.97 Å². The van der Waals surface area contributed by atoms with Crippen molar-refractivity contribution in [1.82, 2.24) is 15.0 Å². The molecule has 1 saturated carbocycles. The number of ether oxygens (including phenoxy) is 2. The Kier molecular flexibility index (Phi) is 7.79. The lowest BCUT2D eigenvalue weighted by molar-refractivity contribution is 0.0695. The number of pyridine rings is 1. The minimum atomic E-state index is -1.26. The van der Waals surface area contributed by atoms with E-state index in [1.807, 2.05) is 24.3 Å². The molecule has 1 fully saturated rings. The average Bonchev–Trinajstić information content (AvgIpc) is 2.97. The van der Waals surface area contributed by atoms with Gasteiger partial charge in [-0.05, 0) is 54.2 Å². The Morgan fingerprint density at radius 2 is 1.83 bits per heavy atom. The summed E-state index contributed by atoms with van der Waals surface area (Å²) in [5.74, 6) is 6.97. The fourth-order valence-corrected chi connectivity index (χ4v) is 5.44. The highest BCUT2D eigenvalue weighted by Gasteiger charge is 2.21. The molecule has 2 heterocycles. The number of carboxylic acid groups (broad SMARTS) is 1. The minimum Gasteiger partial charge on any atom is -0.493 e. The number of aromatic nitrogens is 3. The van der Waals surface area contributed by atoms with Crippen LogP contribution >= 0.6 is 0 Å². The van der Waals surface area contributed by atoms with Crippen LogP contribution in [-0.2, 0) is 6.42 Å². The second-order valence-electron chi connectivity index (χ2n) is 10.1. The normalized spacial score (nSPS) is 13.4. The number of nitrogen functional groups attached to an aromatic ring is 2. The second-order valence-corrected chi connectivity index (χ2v) is 10.1. The lowest BCUT2D eigenvalue weighted by Crippen LogP contribution is -2.16. The third-order valence-electron chi connectivity index (χ3n) is 7.51. The molecule has 210 valence electrons. The average molecular weight is 554 g/mol. The molecular weight excluding hydrogens is 522 g/mol. The van der Waals surface area contributed by atoms with Crippen LogP contribution in [0.5, 0.6) is 11.5 Å². The second kappa shape index (κ2) is 11.6. The maximum atomic E-state index is 13.0. The molecule has 41 heavy (non-hydrogen) atoms. The number of carboxylic acids is 1. The SMILES string of the molecule is COc1cc(Cc2cnc(N)nc2N)cc(C#Cc2cc3[nH]cc(C(=O)O)c(=O)c3cc2C2CCCCC2)c1OC. The molecule has 0 amide bonds. The predicted octanol–water partition coefficient (Wildman–Crippen LogP) is 4.24. The Bertz CT molecular complexity index is 1760. The van der Waals surface area contributed by atoms with Crippen molar-refractivity contribution in [3.05, 3.63) is 80.3 Å². The van der Waals surface area contributed by atoms with Gasteiger partial charge in [0.15, 0.2) is 11.5 Å². The zero-order chi connectivity index (χ0) is 29.1. The molecule has 6 N–H and O–H groups in total. The number of nitrogens with one attached hydrogen (secondary N) is 1. The number of aromatic amines is 1. The predicted molar refractivity (Wildman–Crippen MR) is 157 cm³/mol. The molecule has 4 aromatic rings. The van der Waals surface area contributed by atoms with Crippen LogP contribution in [0.4, 0.5) is 11.8 Å². The zero-order valence-electron chi connectivity index (χ0n) is 22.9. The van der Waals surface area contributed by atoms with E-state index in [-0.39, 0.29) is 17.4 Å². The first-order valence-corrected chi connectivity index (χ1v) is 13.4. The molecule has 0 atom stereocenters. The van der Waals surface area contributed by atoms with E-state index in [0.717, 1.165) is 42.4 Å². The number of anilines is 2. The van der Waals surface area contributed by atoms with Gasteiger partial charge in [-0.25, -0.2) is 9.78 Å². The van der Waals surface area contributed by atoms with Crippen LogP contribution in [0.15, 0.2) is 41.5 Å². The largest absolute Gasteiger partial charge is 0.493 e. The number of nitrogens with zero attached hydrogens (tertiary/aromatic N) is 2. The number of benzene rings is 2. The summed E-state index contributed by atoms with van der Waals surface area (Å²) in [6.45, 7) is 0. The molecule has 0 aliphatic heterocycles. The molecule has 0 unspecified atom stereocenters. The van der Waals surface area contributed by atoms with E-state index in [2.05, 4.69) is 26.8 Å². The smallest absolute Gasteiger partial charge is 0.341 e. The van der Waals surface area contributed by atoms with Gasteiger partial charge < -0.3 is 31.0 Å². The van der Waals surface area contributed by atoms with Gasteiger partial charge in [-0.2, -0.15) is 4.98 Å². The molecule has 2 aromatic carbocycles. The van der Waals surface area contributed by atoms with Gasteiger partial charge in [0.2, 0.25) is 11.4 Å². The summed E-state index contributed by atoms with van der Waals surface area (Å²) in [7, 11) is 3.12. The van der Waals surface area contributed by atoms with E-state index >= 15 is 0 Å². The van der Waals surface area contributed by atoms with Crippen molar-refractivity contribution in [2.24, 2.45) is 0 Å². The summed E-state index contributed by atoms with van der Waals surface area (Å²) >= 11 is 0. The van der Waals surface area contributed by atoms with E-state index in [1.54, 1.807) is 20.4 Å². The topological polar surface area (TPSA) is 166 Å². The van der Waals surface area contributed by atoms with E-state index < -0.39 is 11.4 Å². The van der Waals surface area contributed by atoms with Crippen LogP contribution < -0.4 is 26.4 Å². The maximum absolute atomic E-state index is 13.0. The highest BCUT2D eigenvalue weighted by molar-refractivity contribution is 5.93. The van der Waals surface area contributed by atoms with E-state index in [9.17, 15) is 14.7 Å². The number of hydrogen-bond acceptors (Lipinski definition) is 8. The Morgan fingerprint density at radius 3 is 2.51 bits per heavy atom. The Balaban J connectivity index is 1.64. The van der Waals surface area contributed by atoms with Gasteiger partial charge in [-0.1, -0.05) is 31.1 Å². The quantitative estimate of drug-likeness (QED) is 0.255. The molecule has 10 nitrogen and oxygen atoms in total. The molecular formula is C31H31N5O5. The lowest BCUT2D eigenvalue weighted by atomic mass is 9.81. The van der Waals surface area contributed by atoms with Crippen molar-refractivity contribution >= 4 is 28.6 Å². The van der Waals surface area contributed by atoms with E-state index in [4.69, 9.17) is 20.9 Å². The molecule has 10 heteroatoms. The summed E-state index contributed by atoms with van der Waals surface area (Å²) in [5.41, 5.74) is 15.4. The molecule has 1 aliphatic carbocycles. The van der Waals surface area contributed by atoms with Gasteiger partial charge in [-0.3, -0.25) is 4.79 Å². The Morgan fingerprint density at radius 1 is 1.07 bits per heavy atom. The summed E-state index contributed by atoms with van der Waals surface area (Å²) < 4.78 is 11.3. The van der Waals surface area contributed by atoms with E-state index in [1.165, 1.54) is 12.6 Å². The van der Waals surface area contributed by atoms with Gasteiger partial charge in [0.05, 0.1) is 25.3 Å². The molecule has 2 aromatic heterocycles. The van der Waals surface area contributed by atoms with Crippen molar-refractivity contribution in [1.29, 1.82) is 0 Å². The van der Waals surface area contributed by atoms with Gasteiger partial charge in [0, 0.05) is 35.3 Å². The molecule has 0 spiro atoms. The fourth-order valence-electron chi connectivity index (χ4n) is 5.44. The summed E-state index contributed by atoms with van der Waals surface area (Å²) in [5, 5.41) is 9.81. The Labute approximate surface area is 236 Å². The first kappa shape index (κ1) is 27.5. The maximum Gasteiger partial charge on any atom is 0.341 e. The monoisotopic (exact) mass is 553 g/mol. The van der Waals surface area contributed by atoms with E-state index in [0.29, 0.717) is 45.8 Å². The molecule has 5 rings (SSSR count). The van der Waals surface area contributed by atoms with Crippen LogP contribution in [0.25, 0.3) is 10.9 Å². The summed E-state index contributed by atoms with van der Waals surface area (Å²) in [6, 6.07) is 7.42. The standard InChI is InChI=1S/C31H31N5O5/c1-40-26-12-17(11-21-15-35-31(33)36-29(21)32)10-20(28(26)41-2)9-8-19-13-25-23(27(37)24(16-34-25)30(38)39)14-22(19)18-6-4-3-5-7-18/h10,12-16,18H,3-7,11H2,1-2H3,(H,34,37)(H,38,39)(H4,32,33,35,36). The van der Waals surface area contributed by atoms with Gasteiger partial charge in [0.1, 0.15) is 11.4 Å². The highest BCUT2D eigenvalue weighted by Crippen LogP contribution is 2.36. The van der Waals surface area contributed by atoms with Gasteiger partial charge in [0.25, 0.3) is 0 Å². The van der Waals surface area contributed by atoms with Crippen molar-refractivity contribution in [2.75, 3.05) is 25.7 Å². The number of aromatic carboxylic acids is 1. The molecule has 1 aliphatic rings. The third-order valence-corrected chi connectivity index (χ3v) is 7.51. The molecule has 0 bridgehead atoms. The van der Waals surface area contributed by atoms with Crippen LogP contribution in [0.2, 0.25) is 0 Å². The van der Waals surface area contributed by atoms with Crippen molar-refractivity contribution in [3.8, 4) is 23.3 Å². The van der Waals surface area contributed by atoms with Crippen molar-refractivity contribution < 1.29 is 19.4 Å². The first-order valence-electron chi connectivity index (χ1n) is 13.4. The highest BCUT2D eigenvalue weighted by atomic mass is 16.5. The molecule has 0 saturated heterocycles. The number of carbonyl (C=O) groups is 1. The minimum absolute atomic E-state index is 0.106. The lowest BCUT2D eigenvalue weighted by Gasteiger charge is -2.23. The van der Waals surface area contributed by atoms with Crippen LogP contribution in [0, 0.1) is 11.8 Å². The number of methoxy groups -OCH3 is 2.